The zero-order valence-corrected chi connectivity index (χ0v) is 9.50. The standard InChI is InChI=1S/C10H15N3O4/c1-2-4-12-5-3-8(14)13(10(12)17)6-7(11)9(15)16/h3,5,7H,2,4,6,11H2,1H3,(H,15,16). The highest BCUT2D eigenvalue weighted by molar-refractivity contribution is 5.72. The molecule has 0 amide bonds. The average molecular weight is 241 g/mol. The second-order valence-corrected chi connectivity index (χ2v) is 3.69. The van der Waals surface area contributed by atoms with Gasteiger partial charge in [0.1, 0.15) is 6.04 Å². The van der Waals surface area contributed by atoms with Crippen LogP contribution in [0.1, 0.15) is 13.3 Å². The number of carboxylic acid groups (broad SMARTS) is 1. The van der Waals surface area contributed by atoms with Crippen LogP contribution in [0.4, 0.5) is 0 Å². The van der Waals surface area contributed by atoms with Crippen LogP contribution in [0.5, 0.6) is 0 Å². The molecule has 1 atom stereocenters. The number of rotatable bonds is 5. The number of aliphatic carboxylic acids is 1. The van der Waals surface area contributed by atoms with Gasteiger partial charge in [-0.15, -0.1) is 0 Å². The van der Waals surface area contributed by atoms with Gasteiger partial charge < -0.3 is 15.4 Å². The van der Waals surface area contributed by atoms with Crippen LogP contribution in [0.25, 0.3) is 0 Å². The first-order valence-corrected chi connectivity index (χ1v) is 5.26. The van der Waals surface area contributed by atoms with Gasteiger partial charge in [-0.05, 0) is 6.42 Å². The Morgan fingerprint density at radius 1 is 1.53 bits per heavy atom. The molecule has 1 unspecified atom stereocenters. The van der Waals surface area contributed by atoms with E-state index in [9.17, 15) is 14.4 Å². The van der Waals surface area contributed by atoms with Gasteiger partial charge in [0.2, 0.25) is 0 Å². The Bertz CT molecular complexity index is 517. The van der Waals surface area contributed by atoms with E-state index >= 15 is 0 Å². The lowest BCUT2D eigenvalue weighted by atomic mass is 10.3. The summed E-state index contributed by atoms with van der Waals surface area (Å²) >= 11 is 0. The lowest BCUT2D eigenvalue weighted by molar-refractivity contribution is -0.138. The van der Waals surface area contributed by atoms with Crippen LogP contribution < -0.4 is 17.0 Å². The highest BCUT2D eigenvalue weighted by atomic mass is 16.4. The molecule has 17 heavy (non-hydrogen) atoms. The zero-order valence-electron chi connectivity index (χ0n) is 9.50. The largest absolute Gasteiger partial charge is 0.480 e. The van der Waals surface area contributed by atoms with E-state index in [1.807, 2.05) is 6.92 Å². The number of nitrogens with zero attached hydrogens (tertiary/aromatic N) is 2. The maximum absolute atomic E-state index is 11.8. The monoisotopic (exact) mass is 241 g/mol. The number of carbonyl (C=O) groups is 1. The van der Waals surface area contributed by atoms with Gasteiger partial charge in [-0.3, -0.25) is 14.2 Å². The van der Waals surface area contributed by atoms with Gasteiger partial charge in [-0.25, -0.2) is 4.79 Å². The third kappa shape index (κ3) is 3.04. The van der Waals surface area contributed by atoms with Gasteiger partial charge >= 0.3 is 11.7 Å². The highest BCUT2D eigenvalue weighted by Gasteiger charge is 2.15. The van der Waals surface area contributed by atoms with Crippen molar-refractivity contribution in [2.45, 2.75) is 32.5 Å². The van der Waals surface area contributed by atoms with Gasteiger partial charge in [0, 0.05) is 18.8 Å². The molecule has 1 rings (SSSR count). The summed E-state index contributed by atoms with van der Waals surface area (Å²) in [5.41, 5.74) is 4.23. The van der Waals surface area contributed by atoms with Gasteiger partial charge in [0.25, 0.3) is 5.56 Å². The number of aromatic nitrogens is 2. The quantitative estimate of drug-likeness (QED) is 0.675. The number of nitrogens with two attached hydrogens (primary N) is 1. The summed E-state index contributed by atoms with van der Waals surface area (Å²) in [5.74, 6) is -1.25. The lowest BCUT2D eigenvalue weighted by Gasteiger charge is -2.11. The Balaban J connectivity index is 3.14. The van der Waals surface area contributed by atoms with Crippen LogP contribution in [0.2, 0.25) is 0 Å². The normalized spacial score (nSPS) is 12.4. The van der Waals surface area contributed by atoms with Crippen LogP contribution in [-0.2, 0) is 17.9 Å². The van der Waals surface area contributed by atoms with E-state index in [2.05, 4.69) is 0 Å². The summed E-state index contributed by atoms with van der Waals surface area (Å²) < 4.78 is 2.20. The van der Waals surface area contributed by atoms with E-state index in [0.717, 1.165) is 11.0 Å². The SMILES string of the molecule is CCCn1ccc(=O)n(CC(N)C(=O)O)c1=O. The Morgan fingerprint density at radius 3 is 2.71 bits per heavy atom. The molecule has 0 aliphatic rings. The number of hydrogen-bond acceptors (Lipinski definition) is 4. The first kappa shape index (κ1) is 13.2. The van der Waals surface area contributed by atoms with Crippen LogP contribution >= 0.6 is 0 Å². The molecule has 0 aromatic carbocycles. The fourth-order valence-electron chi connectivity index (χ4n) is 1.41. The van der Waals surface area contributed by atoms with Crippen molar-refractivity contribution in [1.82, 2.24) is 9.13 Å². The van der Waals surface area contributed by atoms with E-state index in [0.29, 0.717) is 6.54 Å². The van der Waals surface area contributed by atoms with Crippen molar-refractivity contribution in [3.05, 3.63) is 33.1 Å². The Kier molecular flexibility index (Phi) is 4.22. The first-order chi connectivity index (χ1) is 7.97. The predicted molar refractivity (Wildman–Crippen MR) is 60.9 cm³/mol. The molecule has 94 valence electrons. The molecule has 0 bridgehead atoms. The van der Waals surface area contributed by atoms with Crippen molar-refractivity contribution in [1.29, 1.82) is 0 Å². The third-order valence-electron chi connectivity index (χ3n) is 2.30. The molecular weight excluding hydrogens is 226 g/mol. The fraction of sp³-hybridized carbons (Fsp3) is 0.500. The van der Waals surface area contributed by atoms with Gasteiger partial charge in [-0.1, -0.05) is 6.92 Å². The minimum absolute atomic E-state index is 0.322. The summed E-state index contributed by atoms with van der Waals surface area (Å²) in [5, 5.41) is 8.65. The molecule has 0 spiro atoms. The summed E-state index contributed by atoms with van der Waals surface area (Å²) in [7, 11) is 0. The van der Waals surface area contributed by atoms with E-state index in [1.54, 1.807) is 0 Å². The van der Waals surface area contributed by atoms with Crippen LogP contribution in [0, 0.1) is 0 Å². The fourth-order valence-corrected chi connectivity index (χ4v) is 1.41. The topological polar surface area (TPSA) is 107 Å². The smallest absolute Gasteiger partial charge is 0.331 e. The summed E-state index contributed by atoms with van der Waals surface area (Å²) in [6.45, 7) is 2.05. The van der Waals surface area contributed by atoms with E-state index in [-0.39, 0.29) is 6.54 Å². The number of carboxylic acids is 1. The van der Waals surface area contributed by atoms with Crippen molar-refractivity contribution >= 4 is 5.97 Å². The molecule has 1 heterocycles. The Labute approximate surface area is 97.1 Å². The van der Waals surface area contributed by atoms with Crippen molar-refractivity contribution in [2.24, 2.45) is 5.73 Å². The Hall–Kier alpha value is -1.89. The summed E-state index contributed by atoms with van der Waals surface area (Å²) in [6.07, 6.45) is 2.14. The van der Waals surface area contributed by atoms with Crippen molar-refractivity contribution in [3.63, 3.8) is 0 Å². The molecule has 0 aliphatic heterocycles. The molecular formula is C10H15N3O4. The molecule has 1 aromatic rings. The molecule has 7 nitrogen and oxygen atoms in total. The predicted octanol–water partition coefficient (Wildman–Crippen LogP) is -1.17. The minimum atomic E-state index is -1.27. The van der Waals surface area contributed by atoms with Gasteiger partial charge in [0.15, 0.2) is 0 Å². The van der Waals surface area contributed by atoms with Crippen molar-refractivity contribution in [2.75, 3.05) is 0 Å². The molecule has 0 saturated carbocycles. The second-order valence-electron chi connectivity index (χ2n) is 3.69. The summed E-state index contributed by atoms with van der Waals surface area (Å²) in [6, 6.07) is -0.0380. The summed E-state index contributed by atoms with van der Waals surface area (Å²) in [4.78, 5) is 33.9. The molecule has 1 aromatic heterocycles. The maximum Gasteiger partial charge on any atom is 0.331 e. The second kappa shape index (κ2) is 5.44. The highest BCUT2D eigenvalue weighted by Crippen LogP contribution is 1.86. The van der Waals surface area contributed by atoms with Crippen LogP contribution in [0.3, 0.4) is 0 Å². The Morgan fingerprint density at radius 2 is 2.18 bits per heavy atom. The van der Waals surface area contributed by atoms with E-state index in [1.165, 1.54) is 16.8 Å². The maximum atomic E-state index is 11.8. The number of hydrogen-bond donors (Lipinski definition) is 2. The number of aryl methyl sites for hydroxylation is 1. The van der Waals surface area contributed by atoms with Gasteiger partial charge in [-0.2, -0.15) is 0 Å². The van der Waals surface area contributed by atoms with Crippen molar-refractivity contribution < 1.29 is 9.90 Å². The lowest BCUT2D eigenvalue weighted by Crippen LogP contribution is -2.45. The average Bonchev–Trinajstić information content (AvgIpc) is 2.28. The minimum Gasteiger partial charge on any atom is -0.480 e. The third-order valence-corrected chi connectivity index (χ3v) is 2.30. The van der Waals surface area contributed by atoms with E-state index < -0.39 is 23.3 Å². The molecule has 0 fully saturated rings. The molecule has 0 saturated heterocycles. The molecule has 7 heteroatoms. The first-order valence-electron chi connectivity index (χ1n) is 5.26. The van der Waals surface area contributed by atoms with Gasteiger partial charge in [0.05, 0.1) is 6.54 Å². The van der Waals surface area contributed by atoms with E-state index in [4.69, 9.17) is 10.8 Å². The molecule has 3 N–H and O–H groups in total. The van der Waals surface area contributed by atoms with Crippen LogP contribution in [0.15, 0.2) is 21.9 Å². The van der Waals surface area contributed by atoms with Crippen LogP contribution in [-0.4, -0.2) is 26.3 Å². The molecule has 0 aliphatic carbocycles. The zero-order chi connectivity index (χ0) is 13.0. The van der Waals surface area contributed by atoms with Crippen molar-refractivity contribution in [3.8, 4) is 0 Å². The molecule has 0 radical (unpaired) electrons.